The summed E-state index contributed by atoms with van der Waals surface area (Å²) in [6, 6.07) is 1.41. The fourth-order valence-electron chi connectivity index (χ4n) is 4.72. The number of rotatable bonds is 6. The fraction of sp³-hybridized carbons (Fsp3) is 1.00. The summed E-state index contributed by atoms with van der Waals surface area (Å²) in [6.45, 7) is 20.8. The number of hydrogen-bond acceptors (Lipinski definition) is 3. The van der Waals surface area contributed by atoms with Crippen molar-refractivity contribution in [1.29, 1.82) is 0 Å². The molecule has 0 saturated carbocycles. The summed E-state index contributed by atoms with van der Waals surface area (Å²) in [5, 5.41) is 0. The van der Waals surface area contributed by atoms with Crippen molar-refractivity contribution in [2.45, 2.75) is 66.5 Å². The van der Waals surface area contributed by atoms with Crippen LogP contribution >= 0.6 is 0 Å². The molecule has 2 fully saturated rings. The Morgan fingerprint density at radius 3 is 1.48 bits per heavy atom. The highest BCUT2D eigenvalue weighted by molar-refractivity contribution is 4.83. The van der Waals surface area contributed by atoms with Gasteiger partial charge in [-0.1, -0.05) is 27.7 Å². The quantitative estimate of drug-likeness (QED) is 0.692. The van der Waals surface area contributed by atoms with Crippen LogP contribution < -0.4 is 0 Å². The number of hydrogen-bond donors (Lipinski definition) is 0. The van der Waals surface area contributed by atoms with E-state index >= 15 is 0 Å². The zero-order chi connectivity index (χ0) is 17.0. The highest BCUT2D eigenvalue weighted by atomic mass is 16.5. The minimum absolute atomic E-state index is 0.707. The molecule has 0 aromatic heterocycles. The summed E-state index contributed by atoms with van der Waals surface area (Å²) in [5.74, 6) is 3.29. The Kier molecular flexibility index (Phi) is 7.37. The first-order valence-corrected chi connectivity index (χ1v) is 9.94. The van der Waals surface area contributed by atoms with E-state index in [1.54, 1.807) is 0 Å². The van der Waals surface area contributed by atoms with Gasteiger partial charge < -0.3 is 4.74 Å². The molecule has 2 heterocycles. The lowest BCUT2D eigenvalue weighted by molar-refractivity contribution is 0.0168. The molecule has 3 nitrogen and oxygen atoms in total. The highest BCUT2D eigenvalue weighted by Crippen LogP contribution is 2.27. The van der Waals surface area contributed by atoms with Crippen molar-refractivity contribution in [3.8, 4) is 0 Å². The third-order valence-electron chi connectivity index (χ3n) is 6.49. The van der Waals surface area contributed by atoms with E-state index in [1.807, 2.05) is 0 Å². The summed E-state index contributed by atoms with van der Waals surface area (Å²) in [4.78, 5) is 5.26. The van der Waals surface area contributed by atoms with Crippen molar-refractivity contribution >= 4 is 0 Å². The Balaban J connectivity index is 1.63. The summed E-state index contributed by atoms with van der Waals surface area (Å²) >= 11 is 0. The normalized spacial score (nSPS) is 40.4. The Labute approximate surface area is 144 Å². The van der Waals surface area contributed by atoms with Crippen LogP contribution in [-0.2, 0) is 4.74 Å². The van der Waals surface area contributed by atoms with Crippen LogP contribution in [0.1, 0.15) is 54.4 Å². The molecule has 0 aromatic carbocycles. The van der Waals surface area contributed by atoms with E-state index in [9.17, 15) is 0 Å². The summed E-state index contributed by atoms with van der Waals surface area (Å²) in [5.41, 5.74) is 0. The van der Waals surface area contributed by atoms with E-state index in [2.05, 4.69) is 51.3 Å². The van der Waals surface area contributed by atoms with Gasteiger partial charge in [0.25, 0.3) is 0 Å². The molecule has 2 rings (SSSR count). The van der Waals surface area contributed by atoms with Crippen molar-refractivity contribution in [2.24, 2.45) is 23.7 Å². The number of likely N-dealkylation sites (tertiary alicyclic amines) is 2. The van der Waals surface area contributed by atoms with Gasteiger partial charge in [-0.25, -0.2) is 0 Å². The fourth-order valence-corrected chi connectivity index (χ4v) is 4.72. The maximum Gasteiger partial charge on any atom is 0.0594 e. The molecular formula is C20H40N2O. The summed E-state index contributed by atoms with van der Waals surface area (Å²) < 4.78 is 5.99. The molecule has 6 atom stereocenters. The molecule has 6 unspecified atom stereocenters. The van der Waals surface area contributed by atoms with Gasteiger partial charge in [0.05, 0.1) is 13.2 Å². The molecule has 0 radical (unpaired) electrons. The molecule has 0 aliphatic carbocycles. The largest absolute Gasteiger partial charge is 0.379 e. The molecule has 0 N–H and O–H groups in total. The lowest BCUT2D eigenvalue weighted by atomic mass is 9.86. The van der Waals surface area contributed by atoms with Gasteiger partial charge in [-0.15, -0.1) is 0 Å². The minimum Gasteiger partial charge on any atom is -0.379 e. The Morgan fingerprint density at radius 2 is 1.09 bits per heavy atom. The van der Waals surface area contributed by atoms with E-state index in [1.165, 1.54) is 25.9 Å². The molecule has 3 heteroatoms. The maximum atomic E-state index is 5.99. The molecule has 2 saturated heterocycles. The second-order valence-electron chi connectivity index (χ2n) is 8.72. The number of piperidine rings is 2. The Morgan fingerprint density at radius 1 is 0.696 bits per heavy atom. The van der Waals surface area contributed by atoms with Crippen LogP contribution in [-0.4, -0.2) is 61.3 Å². The van der Waals surface area contributed by atoms with Gasteiger partial charge in [0.1, 0.15) is 0 Å². The summed E-state index contributed by atoms with van der Waals surface area (Å²) in [6.07, 6.45) is 2.75. The second-order valence-corrected chi connectivity index (χ2v) is 8.72. The van der Waals surface area contributed by atoms with Gasteiger partial charge >= 0.3 is 0 Å². The predicted molar refractivity (Wildman–Crippen MR) is 98.8 cm³/mol. The molecule has 23 heavy (non-hydrogen) atoms. The van der Waals surface area contributed by atoms with Crippen LogP contribution in [0, 0.1) is 23.7 Å². The van der Waals surface area contributed by atoms with E-state index in [4.69, 9.17) is 4.74 Å². The van der Waals surface area contributed by atoms with Gasteiger partial charge in [0, 0.05) is 38.3 Å². The Hall–Kier alpha value is -0.120. The average Bonchev–Trinajstić information content (AvgIpc) is 2.48. The smallest absolute Gasteiger partial charge is 0.0594 e. The predicted octanol–water partition coefficient (Wildman–Crippen LogP) is 3.74. The summed E-state index contributed by atoms with van der Waals surface area (Å²) in [7, 11) is 0. The molecule has 2 aliphatic rings. The maximum absolute atomic E-state index is 5.99. The third-order valence-corrected chi connectivity index (χ3v) is 6.49. The SMILES string of the molecule is CC1CC(C)C(C)N(CCOCCN2CC(C)CC(C)C2C)C1. The second kappa shape index (κ2) is 8.82. The van der Waals surface area contributed by atoms with Crippen molar-refractivity contribution in [1.82, 2.24) is 9.80 Å². The van der Waals surface area contributed by atoms with Crippen LogP contribution in [0.3, 0.4) is 0 Å². The molecule has 0 amide bonds. The van der Waals surface area contributed by atoms with Crippen molar-refractivity contribution in [2.75, 3.05) is 39.4 Å². The van der Waals surface area contributed by atoms with Gasteiger partial charge in [-0.05, 0) is 50.4 Å². The van der Waals surface area contributed by atoms with Crippen LogP contribution in [0.4, 0.5) is 0 Å². The van der Waals surface area contributed by atoms with Crippen LogP contribution in [0.2, 0.25) is 0 Å². The molecular weight excluding hydrogens is 284 g/mol. The van der Waals surface area contributed by atoms with E-state index in [0.29, 0.717) is 12.1 Å². The van der Waals surface area contributed by atoms with Crippen LogP contribution in [0.25, 0.3) is 0 Å². The molecule has 136 valence electrons. The zero-order valence-electron chi connectivity index (χ0n) is 16.4. The van der Waals surface area contributed by atoms with Crippen LogP contribution in [0.15, 0.2) is 0 Å². The van der Waals surface area contributed by atoms with Crippen LogP contribution in [0.5, 0.6) is 0 Å². The lowest BCUT2D eigenvalue weighted by Crippen LogP contribution is -2.48. The number of nitrogens with zero attached hydrogens (tertiary/aromatic N) is 2. The van der Waals surface area contributed by atoms with Crippen molar-refractivity contribution in [3.05, 3.63) is 0 Å². The van der Waals surface area contributed by atoms with Gasteiger partial charge in [0.2, 0.25) is 0 Å². The topological polar surface area (TPSA) is 15.7 Å². The zero-order valence-corrected chi connectivity index (χ0v) is 16.4. The first kappa shape index (κ1) is 19.2. The van der Waals surface area contributed by atoms with E-state index in [-0.39, 0.29) is 0 Å². The van der Waals surface area contributed by atoms with Gasteiger partial charge in [-0.3, -0.25) is 9.80 Å². The minimum atomic E-state index is 0.707. The van der Waals surface area contributed by atoms with Crippen molar-refractivity contribution in [3.63, 3.8) is 0 Å². The molecule has 0 bridgehead atoms. The lowest BCUT2D eigenvalue weighted by Gasteiger charge is -2.41. The van der Waals surface area contributed by atoms with E-state index in [0.717, 1.165) is 50.0 Å². The molecule has 0 spiro atoms. The first-order chi connectivity index (χ1) is 10.9. The molecule has 2 aliphatic heterocycles. The number of ether oxygens (including phenoxy) is 1. The standard InChI is InChI=1S/C20H40N2O/c1-15-11-17(3)19(5)21(13-15)7-9-23-10-8-22-14-16(2)12-18(4)20(22)6/h15-20H,7-14H2,1-6H3. The molecule has 0 aromatic rings. The Bertz CT molecular complexity index is 317. The van der Waals surface area contributed by atoms with Gasteiger partial charge in [-0.2, -0.15) is 0 Å². The monoisotopic (exact) mass is 324 g/mol. The average molecular weight is 325 g/mol. The van der Waals surface area contributed by atoms with E-state index < -0.39 is 0 Å². The highest BCUT2D eigenvalue weighted by Gasteiger charge is 2.29. The third kappa shape index (κ3) is 5.44. The first-order valence-electron chi connectivity index (χ1n) is 9.94. The van der Waals surface area contributed by atoms with Gasteiger partial charge in [0.15, 0.2) is 0 Å². The van der Waals surface area contributed by atoms with Crippen molar-refractivity contribution < 1.29 is 4.74 Å².